The number of amides is 1. The molecule has 0 aliphatic carbocycles. The smallest absolute Gasteiger partial charge is 0.405 e. The van der Waals surface area contributed by atoms with Crippen molar-refractivity contribution < 1.29 is 29.7 Å². The van der Waals surface area contributed by atoms with E-state index in [4.69, 9.17) is 15.3 Å². The first-order valence-corrected chi connectivity index (χ1v) is 9.87. The van der Waals surface area contributed by atoms with Gasteiger partial charge in [-0.3, -0.25) is 4.79 Å². The van der Waals surface area contributed by atoms with E-state index in [1.165, 1.54) is 38.5 Å². The highest BCUT2D eigenvalue weighted by Gasteiger charge is 2.18. The highest BCUT2D eigenvalue weighted by atomic mass is 16.4. The van der Waals surface area contributed by atoms with E-state index < -0.39 is 24.1 Å². The molecule has 1 atom stereocenters. The van der Waals surface area contributed by atoms with Crippen LogP contribution in [0.4, 0.5) is 4.79 Å². The molecule has 152 valence electrons. The molecule has 26 heavy (non-hydrogen) atoms. The van der Waals surface area contributed by atoms with Crippen molar-refractivity contribution in [3.8, 4) is 0 Å². The van der Waals surface area contributed by atoms with Gasteiger partial charge in [-0.2, -0.15) is 0 Å². The van der Waals surface area contributed by atoms with E-state index in [2.05, 4.69) is 0 Å². The average molecular weight is 373 g/mol. The van der Waals surface area contributed by atoms with Crippen molar-refractivity contribution in [2.75, 3.05) is 0 Å². The van der Waals surface area contributed by atoms with Crippen LogP contribution in [0.5, 0.6) is 0 Å². The zero-order valence-electron chi connectivity index (χ0n) is 15.8. The molecule has 0 saturated carbocycles. The van der Waals surface area contributed by atoms with Crippen LogP contribution < -0.4 is 5.32 Å². The highest BCUT2D eigenvalue weighted by Crippen LogP contribution is 2.13. The zero-order valence-corrected chi connectivity index (χ0v) is 15.8. The molecule has 0 aromatic heterocycles. The van der Waals surface area contributed by atoms with Gasteiger partial charge in [-0.25, -0.2) is 9.59 Å². The Hall–Kier alpha value is -1.79. The van der Waals surface area contributed by atoms with Gasteiger partial charge in [0.05, 0.1) is 0 Å². The molecule has 0 rings (SSSR count). The maximum absolute atomic E-state index is 10.9. The van der Waals surface area contributed by atoms with Gasteiger partial charge in [0.25, 0.3) is 0 Å². The SMILES string of the molecule is O=C(O)CCCCCCCCCCCCCCCC(NC(=O)O)C(=O)O. The Balaban J connectivity index is 3.29. The minimum absolute atomic E-state index is 0.285. The second-order valence-electron chi connectivity index (χ2n) is 6.87. The third kappa shape index (κ3) is 17.0. The number of carbonyl (C=O) groups is 3. The normalized spacial score (nSPS) is 11.8. The molecule has 0 aliphatic heterocycles. The summed E-state index contributed by atoms with van der Waals surface area (Å²) in [6, 6.07) is -1.00. The lowest BCUT2D eigenvalue weighted by atomic mass is 10.0. The summed E-state index contributed by atoms with van der Waals surface area (Å²) in [4.78, 5) is 31.7. The van der Waals surface area contributed by atoms with E-state index >= 15 is 0 Å². The molecule has 1 unspecified atom stereocenters. The lowest BCUT2D eigenvalue weighted by Crippen LogP contribution is -2.39. The van der Waals surface area contributed by atoms with Crippen LogP contribution in [0.15, 0.2) is 0 Å². The van der Waals surface area contributed by atoms with Crippen LogP contribution in [0.2, 0.25) is 0 Å². The molecule has 0 spiro atoms. The molecule has 7 heteroatoms. The molecule has 4 N–H and O–H groups in total. The summed E-state index contributed by atoms with van der Waals surface area (Å²) < 4.78 is 0. The second kappa shape index (κ2) is 16.7. The zero-order chi connectivity index (χ0) is 19.6. The van der Waals surface area contributed by atoms with Crippen molar-refractivity contribution in [3.05, 3.63) is 0 Å². The predicted molar refractivity (Wildman–Crippen MR) is 99.5 cm³/mol. The van der Waals surface area contributed by atoms with Gasteiger partial charge >= 0.3 is 18.0 Å². The molecule has 0 radical (unpaired) electrons. The third-order valence-electron chi connectivity index (χ3n) is 4.48. The minimum atomic E-state index is -1.29. The first kappa shape index (κ1) is 24.2. The van der Waals surface area contributed by atoms with Gasteiger partial charge in [0.2, 0.25) is 0 Å². The fraction of sp³-hybridized carbons (Fsp3) is 0.842. The Morgan fingerprint density at radius 2 is 1.00 bits per heavy atom. The first-order valence-electron chi connectivity index (χ1n) is 9.87. The largest absolute Gasteiger partial charge is 0.481 e. The summed E-state index contributed by atoms with van der Waals surface area (Å²) in [6.45, 7) is 0. The monoisotopic (exact) mass is 373 g/mol. The molecule has 0 aromatic carbocycles. The number of carboxylic acids is 2. The second-order valence-corrected chi connectivity index (χ2v) is 6.87. The Kier molecular flexibility index (Phi) is 15.5. The number of aliphatic carboxylic acids is 2. The summed E-state index contributed by atoms with van der Waals surface area (Å²) >= 11 is 0. The Morgan fingerprint density at radius 3 is 1.35 bits per heavy atom. The van der Waals surface area contributed by atoms with Gasteiger partial charge in [-0.15, -0.1) is 0 Å². The van der Waals surface area contributed by atoms with Crippen molar-refractivity contribution in [1.29, 1.82) is 0 Å². The number of hydrogen-bond acceptors (Lipinski definition) is 3. The fourth-order valence-corrected chi connectivity index (χ4v) is 2.98. The summed E-state index contributed by atoms with van der Waals surface area (Å²) in [5.74, 6) is -1.82. The molecular formula is C19H35NO6. The van der Waals surface area contributed by atoms with Gasteiger partial charge in [0.15, 0.2) is 0 Å². The maximum atomic E-state index is 10.9. The number of unbranched alkanes of at least 4 members (excludes halogenated alkanes) is 12. The Bertz CT molecular complexity index is 399. The lowest BCUT2D eigenvalue weighted by Gasteiger charge is -2.11. The molecule has 7 nitrogen and oxygen atoms in total. The van der Waals surface area contributed by atoms with E-state index in [0.29, 0.717) is 6.42 Å². The summed E-state index contributed by atoms with van der Waals surface area (Å²) in [6.07, 6.45) is 13.4. The van der Waals surface area contributed by atoms with E-state index in [1.807, 2.05) is 5.32 Å². The van der Waals surface area contributed by atoms with Gasteiger partial charge < -0.3 is 20.6 Å². The van der Waals surface area contributed by atoms with Crippen molar-refractivity contribution >= 4 is 18.0 Å². The highest BCUT2D eigenvalue weighted by molar-refractivity contribution is 5.79. The van der Waals surface area contributed by atoms with E-state index in [9.17, 15) is 14.4 Å². The molecular weight excluding hydrogens is 338 g/mol. The van der Waals surface area contributed by atoms with Crippen molar-refractivity contribution in [2.45, 2.75) is 102 Å². The summed E-state index contributed by atoms with van der Waals surface area (Å²) in [5.41, 5.74) is 0. The Morgan fingerprint density at radius 1 is 0.615 bits per heavy atom. The van der Waals surface area contributed by atoms with Crippen molar-refractivity contribution in [1.82, 2.24) is 5.32 Å². The maximum Gasteiger partial charge on any atom is 0.405 e. The van der Waals surface area contributed by atoms with Crippen molar-refractivity contribution in [2.24, 2.45) is 0 Å². The predicted octanol–water partition coefficient (Wildman–Crippen LogP) is 4.64. The quantitative estimate of drug-likeness (QED) is 0.259. The van der Waals surface area contributed by atoms with Crippen LogP contribution in [0.1, 0.15) is 96.3 Å². The molecule has 0 aromatic rings. The van der Waals surface area contributed by atoms with E-state index in [-0.39, 0.29) is 6.42 Å². The van der Waals surface area contributed by atoms with E-state index in [0.717, 1.165) is 44.9 Å². The number of nitrogens with one attached hydrogen (secondary N) is 1. The first-order chi connectivity index (χ1) is 12.4. The molecule has 0 saturated heterocycles. The minimum Gasteiger partial charge on any atom is -0.481 e. The summed E-state index contributed by atoms with van der Waals surface area (Å²) in [5, 5.41) is 28.0. The van der Waals surface area contributed by atoms with Crippen LogP contribution in [-0.4, -0.2) is 39.4 Å². The molecule has 1 amide bonds. The van der Waals surface area contributed by atoms with Gasteiger partial charge in [0, 0.05) is 6.42 Å². The number of rotatable bonds is 18. The van der Waals surface area contributed by atoms with Crippen LogP contribution in [0.3, 0.4) is 0 Å². The van der Waals surface area contributed by atoms with Crippen molar-refractivity contribution in [3.63, 3.8) is 0 Å². The number of hydrogen-bond donors (Lipinski definition) is 4. The Labute approximate surface area is 156 Å². The topological polar surface area (TPSA) is 124 Å². The average Bonchev–Trinajstić information content (AvgIpc) is 2.56. The standard InChI is InChI=1S/C19H35NO6/c21-17(22)15-13-11-9-7-5-3-1-2-4-6-8-10-12-14-16(18(23)24)20-19(25)26/h16,20H,1-15H2,(H,21,22)(H,23,24)(H,25,26). The molecule has 0 bridgehead atoms. The van der Waals surface area contributed by atoms with Gasteiger partial charge in [-0.1, -0.05) is 77.0 Å². The fourth-order valence-electron chi connectivity index (χ4n) is 2.98. The van der Waals surface area contributed by atoms with Crippen LogP contribution >= 0.6 is 0 Å². The summed E-state index contributed by atoms with van der Waals surface area (Å²) in [7, 11) is 0. The van der Waals surface area contributed by atoms with Crippen LogP contribution in [0, 0.1) is 0 Å². The van der Waals surface area contributed by atoms with E-state index in [1.54, 1.807) is 0 Å². The molecule has 0 fully saturated rings. The molecule has 0 aliphatic rings. The van der Waals surface area contributed by atoms with Crippen LogP contribution in [-0.2, 0) is 9.59 Å². The lowest BCUT2D eigenvalue weighted by molar-refractivity contribution is -0.139. The number of carboxylic acid groups (broad SMARTS) is 3. The van der Waals surface area contributed by atoms with Crippen LogP contribution in [0.25, 0.3) is 0 Å². The third-order valence-corrected chi connectivity index (χ3v) is 4.48. The van der Waals surface area contributed by atoms with Gasteiger partial charge in [0.1, 0.15) is 6.04 Å². The van der Waals surface area contributed by atoms with Gasteiger partial charge in [-0.05, 0) is 12.8 Å². The molecule has 0 heterocycles.